The molecule has 0 amide bonds. The van der Waals surface area contributed by atoms with Crippen molar-refractivity contribution in [2.45, 2.75) is 50.6 Å². The number of hydrogen-bond acceptors (Lipinski definition) is 3. The number of rotatable bonds is 7. The molecule has 3 nitrogen and oxygen atoms in total. The first-order valence-electron chi connectivity index (χ1n) is 18.3. The highest BCUT2D eigenvalue weighted by Crippen LogP contribution is 2.49. The van der Waals surface area contributed by atoms with Gasteiger partial charge in [-0.2, -0.15) is 0 Å². The molecule has 5 atom stereocenters. The first kappa shape index (κ1) is 32.0. The summed E-state index contributed by atoms with van der Waals surface area (Å²) in [5, 5.41) is 12.6. The van der Waals surface area contributed by atoms with Gasteiger partial charge in [0.15, 0.2) is 0 Å². The Morgan fingerprint density at radius 3 is 2.10 bits per heavy atom. The van der Waals surface area contributed by atoms with E-state index in [1.54, 1.807) is 5.57 Å². The van der Waals surface area contributed by atoms with Crippen molar-refractivity contribution < 1.29 is 0 Å². The predicted molar refractivity (Wildman–Crippen MR) is 208 cm³/mol. The zero-order valence-corrected chi connectivity index (χ0v) is 28.6. The van der Waals surface area contributed by atoms with E-state index in [9.17, 15) is 0 Å². The van der Waals surface area contributed by atoms with Crippen molar-refractivity contribution in [3.8, 4) is 0 Å². The van der Waals surface area contributed by atoms with E-state index in [-0.39, 0.29) is 12.1 Å². The van der Waals surface area contributed by atoms with Crippen molar-refractivity contribution >= 4 is 17.5 Å². The number of aliphatic imine (C=N–C) groups is 1. The van der Waals surface area contributed by atoms with E-state index in [1.165, 1.54) is 39.8 Å². The molecule has 50 heavy (non-hydrogen) atoms. The summed E-state index contributed by atoms with van der Waals surface area (Å²) >= 11 is 0. The van der Waals surface area contributed by atoms with E-state index in [2.05, 4.69) is 151 Å². The van der Waals surface area contributed by atoms with E-state index in [4.69, 9.17) is 10.4 Å². The normalized spacial score (nSPS) is 25.8. The molecule has 5 unspecified atom stereocenters. The Morgan fingerprint density at radius 2 is 1.42 bits per heavy atom. The molecule has 0 radical (unpaired) electrons. The lowest BCUT2D eigenvalue weighted by molar-refractivity contribution is 0.268. The van der Waals surface area contributed by atoms with Crippen LogP contribution in [0.3, 0.4) is 0 Å². The van der Waals surface area contributed by atoms with Gasteiger partial charge in [-0.15, -0.1) is 0 Å². The van der Waals surface area contributed by atoms with Crippen LogP contribution < -0.4 is 5.32 Å². The van der Waals surface area contributed by atoms with Crippen molar-refractivity contribution in [2.75, 3.05) is 0 Å². The first-order chi connectivity index (χ1) is 24.8. The molecule has 248 valence electrons. The molecule has 2 N–H and O–H groups in total. The first-order valence-corrected chi connectivity index (χ1v) is 18.3. The third kappa shape index (κ3) is 6.53. The Bertz CT molecular complexity index is 2000. The molecule has 0 aromatic heterocycles. The van der Waals surface area contributed by atoms with Gasteiger partial charge in [-0.25, -0.2) is 0 Å². The topological polar surface area (TPSA) is 48.2 Å². The maximum atomic E-state index is 8.57. The van der Waals surface area contributed by atoms with E-state index >= 15 is 0 Å². The van der Waals surface area contributed by atoms with Gasteiger partial charge in [0.2, 0.25) is 0 Å². The van der Waals surface area contributed by atoms with Crippen LogP contribution in [0.5, 0.6) is 0 Å². The molecule has 0 fully saturated rings. The Kier molecular flexibility index (Phi) is 9.38. The Hall–Kier alpha value is -5.28. The van der Waals surface area contributed by atoms with Crippen LogP contribution in [0.2, 0.25) is 0 Å². The summed E-state index contributed by atoms with van der Waals surface area (Å²) in [5.41, 5.74) is 12.4. The summed E-state index contributed by atoms with van der Waals surface area (Å²) in [5.74, 6) is 1.30. The molecular formula is C47H45N3. The van der Waals surface area contributed by atoms with Crippen LogP contribution in [-0.4, -0.2) is 11.9 Å². The zero-order valence-electron chi connectivity index (χ0n) is 28.6. The molecule has 0 spiro atoms. The van der Waals surface area contributed by atoms with Crippen LogP contribution >= 0.6 is 0 Å². The van der Waals surface area contributed by atoms with Gasteiger partial charge in [-0.3, -0.25) is 4.99 Å². The molecule has 4 aromatic carbocycles. The lowest BCUT2D eigenvalue weighted by Gasteiger charge is -2.43. The maximum absolute atomic E-state index is 8.57. The largest absolute Gasteiger partial charge is 0.377 e. The molecule has 2 aliphatic heterocycles. The van der Waals surface area contributed by atoms with Gasteiger partial charge >= 0.3 is 0 Å². The predicted octanol–water partition coefficient (Wildman–Crippen LogP) is 11.2. The average molecular weight is 652 g/mol. The minimum absolute atomic E-state index is 0.105. The fourth-order valence-electron chi connectivity index (χ4n) is 8.73. The third-order valence-electron chi connectivity index (χ3n) is 11.2. The number of benzene rings is 4. The summed E-state index contributed by atoms with van der Waals surface area (Å²) in [7, 11) is 0. The summed E-state index contributed by atoms with van der Waals surface area (Å²) in [6.07, 6.45) is 19.8. The van der Waals surface area contributed by atoms with Crippen LogP contribution in [0.1, 0.15) is 72.9 Å². The van der Waals surface area contributed by atoms with Gasteiger partial charge in [0.25, 0.3) is 0 Å². The van der Waals surface area contributed by atoms with Gasteiger partial charge in [-0.1, -0.05) is 157 Å². The molecule has 0 bridgehead atoms. The minimum Gasteiger partial charge on any atom is -0.377 e. The zero-order chi connectivity index (χ0) is 33.7. The molecule has 0 saturated carbocycles. The van der Waals surface area contributed by atoms with Crippen molar-refractivity contribution in [1.82, 2.24) is 5.32 Å². The molecular weight excluding hydrogens is 607 g/mol. The maximum Gasteiger partial charge on any atom is 0.0758 e. The van der Waals surface area contributed by atoms with Crippen LogP contribution in [0.25, 0.3) is 5.57 Å². The summed E-state index contributed by atoms with van der Waals surface area (Å²) in [4.78, 5) is 5.34. The quantitative estimate of drug-likeness (QED) is 0.152. The SMILES string of the molecule is N=C/C(=C1\NC(c2ccccc2)C(C2CC=C(C3CC(c4ccccc4)=NC(c4ccccc4)C3)CC2)C2=C1C=CCC=C2)c1ccccc1. The Balaban J connectivity index is 1.15. The highest BCUT2D eigenvalue weighted by atomic mass is 15.0. The van der Waals surface area contributed by atoms with Gasteiger partial charge < -0.3 is 10.7 Å². The Morgan fingerprint density at radius 1 is 0.760 bits per heavy atom. The number of nitrogens with one attached hydrogen (secondary N) is 2. The second-order valence-electron chi connectivity index (χ2n) is 14.1. The molecule has 2 aliphatic carbocycles. The van der Waals surface area contributed by atoms with Crippen molar-refractivity contribution in [3.63, 3.8) is 0 Å². The molecule has 2 heterocycles. The van der Waals surface area contributed by atoms with Gasteiger partial charge in [0.1, 0.15) is 0 Å². The fraction of sp³-hybridized carbons (Fsp3) is 0.234. The lowest BCUT2D eigenvalue weighted by Crippen LogP contribution is -2.39. The summed E-state index contributed by atoms with van der Waals surface area (Å²) in [6.45, 7) is 0. The summed E-state index contributed by atoms with van der Waals surface area (Å²) < 4.78 is 0. The van der Waals surface area contributed by atoms with Gasteiger partial charge in [0, 0.05) is 29.0 Å². The summed E-state index contributed by atoms with van der Waals surface area (Å²) in [6, 6.07) is 43.4. The third-order valence-corrected chi connectivity index (χ3v) is 11.2. The second kappa shape index (κ2) is 14.7. The highest BCUT2D eigenvalue weighted by molar-refractivity contribution is 6.10. The van der Waals surface area contributed by atoms with E-state index in [0.29, 0.717) is 17.8 Å². The van der Waals surface area contributed by atoms with Crippen molar-refractivity contribution in [2.24, 2.45) is 22.7 Å². The number of nitrogens with zero attached hydrogens (tertiary/aromatic N) is 1. The van der Waals surface area contributed by atoms with Crippen LogP contribution in [0.15, 0.2) is 179 Å². The van der Waals surface area contributed by atoms with E-state index in [1.807, 2.05) is 6.07 Å². The second-order valence-corrected chi connectivity index (χ2v) is 14.1. The molecule has 3 heteroatoms. The van der Waals surface area contributed by atoms with Crippen LogP contribution in [0.4, 0.5) is 0 Å². The van der Waals surface area contributed by atoms with Gasteiger partial charge in [-0.05, 0) is 78.2 Å². The number of allylic oxidation sites excluding steroid dienone is 7. The standard InChI is InChI=1S/C47H45N3/c48-32-42(34-16-6-1-7-17-34)47-41-25-15-5-14-24-40(41)45(46(50-47)38-22-12-4-13-23-38)37-28-26-33(27-29-37)39-30-43(35-18-8-2-9-19-35)49-44(31-39)36-20-10-3-11-21-36/h1-4,6-26,32,37,39,43,45-46,48,50H,5,27-31H2/b47-42+,48-32?. The Labute approximate surface area is 297 Å². The van der Waals surface area contributed by atoms with Crippen LogP contribution in [-0.2, 0) is 0 Å². The molecule has 8 rings (SSSR count). The van der Waals surface area contributed by atoms with Gasteiger partial charge in [0.05, 0.1) is 17.8 Å². The number of hydrogen-bond donors (Lipinski definition) is 2. The van der Waals surface area contributed by atoms with Crippen molar-refractivity contribution in [1.29, 1.82) is 5.41 Å². The van der Waals surface area contributed by atoms with E-state index < -0.39 is 0 Å². The van der Waals surface area contributed by atoms with Crippen LogP contribution in [0, 0.1) is 23.2 Å². The molecule has 0 saturated heterocycles. The monoisotopic (exact) mass is 651 g/mol. The smallest absolute Gasteiger partial charge is 0.0758 e. The fourth-order valence-corrected chi connectivity index (χ4v) is 8.73. The molecule has 4 aliphatic rings. The average Bonchev–Trinajstić information content (AvgIpc) is 3.46. The molecule has 4 aromatic rings. The minimum atomic E-state index is 0.105. The van der Waals surface area contributed by atoms with E-state index in [0.717, 1.165) is 55.4 Å². The lowest BCUT2D eigenvalue weighted by atomic mass is 9.67. The van der Waals surface area contributed by atoms with Crippen molar-refractivity contribution in [3.05, 3.63) is 196 Å². The highest BCUT2D eigenvalue weighted by Gasteiger charge is 2.40.